The van der Waals surface area contributed by atoms with Crippen LogP contribution in [-0.2, 0) is 5.75 Å². The molecular weight excluding hydrogens is 272 g/mol. The molecule has 0 unspecified atom stereocenters. The summed E-state index contributed by atoms with van der Waals surface area (Å²) in [7, 11) is 1.55. The van der Waals surface area contributed by atoms with Gasteiger partial charge in [0.1, 0.15) is 0 Å². The van der Waals surface area contributed by atoms with Crippen molar-refractivity contribution >= 4 is 23.5 Å². The van der Waals surface area contributed by atoms with E-state index in [1.54, 1.807) is 37.2 Å². The highest BCUT2D eigenvalue weighted by atomic mass is 32.2. The summed E-state index contributed by atoms with van der Waals surface area (Å²) in [6.07, 6.45) is 3.66. The zero-order chi connectivity index (χ0) is 14.4. The lowest BCUT2D eigenvalue weighted by atomic mass is 10.1. The fraction of sp³-hybridized carbons (Fsp3) is 0.200. The topological polar surface area (TPSA) is 51.2 Å². The van der Waals surface area contributed by atoms with E-state index in [4.69, 9.17) is 4.74 Å². The number of hydrogen-bond acceptors (Lipinski definition) is 4. The van der Waals surface area contributed by atoms with E-state index in [-0.39, 0.29) is 5.91 Å². The van der Waals surface area contributed by atoms with Gasteiger partial charge < -0.3 is 10.1 Å². The Labute approximate surface area is 122 Å². The van der Waals surface area contributed by atoms with Gasteiger partial charge >= 0.3 is 0 Å². The number of nitrogens with zero attached hydrogens (tertiary/aromatic N) is 1. The van der Waals surface area contributed by atoms with Crippen LogP contribution in [0.2, 0.25) is 0 Å². The quantitative estimate of drug-likeness (QED) is 0.918. The van der Waals surface area contributed by atoms with Crippen LogP contribution in [0.3, 0.4) is 0 Å². The molecule has 0 atom stereocenters. The maximum Gasteiger partial charge on any atom is 0.256 e. The van der Waals surface area contributed by atoms with Gasteiger partial charge in [-0.25, -0.2) is 4.98 Å². The number of rotatable bonds is 5. The molecule has 2 aromatic rings. The molecule has 0 aliphatic carbocycles. The van der Waals surface area contributed by atoms with E-state index in [0.717, 1.165) is 5.75 Å². The molecule has 2 rings (SSSR count). The van der Waals surface area contributed by atoms with Crippen LogP contribution in [0, 0.1) is 0 Å². The van der Waals surface area contributed by atoms with Gasteiger partial charge in [-0.05, 0) is 36.1 Å². The number of thioether (sulfide) groups is 1. The van der Waals surface area contributed by atoms with Gasteiger partial charge in [0.15, 0.2) is 11.6 Å². The Morgan fingerprint density at radius 2 is 2.05 bits per heavy atom. The summed E-state index contributed by atoms with van der Waals surface area (Å²) in [5, 5.41) is 2.75. The minimum absolute atomic E-state index is 0.197. The highest BCUT2D eigenvalue weighted by Gasteiger charge is 2.10. The first kappa shape index (κ1) is 14.4. The normalized spacial score (nSPS) is 10.1. The molecule has 5 heteroatoms. The molecule has 1 N–H and O–H groups in total. The van der Waals surface area contributed by atoms with Gasteiger partial charge in [-0.3, -0.25) is 4.79 Å². The van der Waals surface area contributed by atoms with Gasteiger partial charge in [-0.15, -0.1) is 0 Å². The van der Waals surface area contributed by atoms with Crippen LogP contribution in [0.1, 0.15) is 15.9 Å². The summed E-state index contributed by atoms with van der Waals surface area (Å²) in [6.45, 7) is 0. The first-order valence-electron chi connectivity index (χ1n) is 6.13. The molecule has 0 bridgehead atoms. The molecule has 1 amide bonds. The number of ether oxygens (including phenoxy) is 1. The van der Waals surface area contributed by atoms with Crippen molar-refractivity contribution in [2.24, 2.45) is 0 Å². The molecule has 1 aromatic heterocycles. The summed E-state index contributed by atoms with van der Waals surface area (Å²) < 4.78 is 5.15. The van der Waals surface area contributed by atoms with Crippen molar-refractivity contribution in [3.8, 4) is 5.75 Å². The first-order valence-corrected chi connectivity index (χ1v) is 7.52. The molecule has 0 spiro atoms. The average molecular weight is 288 g/mol. The fourth-order valence-electron chi connectivity index (χ4n) is 1.75. The summed E-state index contributed by atoms with van der Waals surface area (Å²) in [5.74, 6) is 1.71. The number of nitrogens with one attached hydrogen (secondary N) is 1. The number of carbonyl (C=O) groups excluding carboxylic acids is 1. The van der Waals surface area contributed by atoms with E-state index in [2.05, 4.69) is 10.3 Å². The Morgan fingerprint density at radius 3 is 2.70 bits per heavy atom. The summed E-state index contributed by atoms with van der Waals surface area (Å²) in [4.78, 5) is 16.2. The van der Waals surface area contributed by atoms with Crippen molar-refractivity contribution in [1.82, 2.24) is 4.98 Å². The van der Waals surface area contributed by atoms with Crippen LogP contribution >= 0.6 is 11.8 Å². The number of hydrogen-bond donors (Lipinski definition) is 1. The summed E-state index contributed by atoms with van der Waals surface area (Å²) in [6, 6.07) is 11.1. The number of amides is 1. The van der Waals surface area contributed by atoms with Crippen LogP contribution in [0.4, 0.5) is 5.82 Å². The molecule has 1 heterocycles. The van der Waals surface area contributed by atoms with Crippen LogP contribution < -0.4 is 10.1 Å². The van der Waals surface area contributed by atoms with Crippen LogP contribution in [0.15, 0.2) is 42.6 Å². The molecular formula is C15H16N2O2S. The SMILES string of the molecule is COc1cccnc1NC(=O)c1ccc(CSC)cc1. The maximum absolute atomic E-state index is 12.1. The Hall–Kier alpha value is -2.01. The largest absolute Gasteiger partial charge is 0.493 e. The lowest BCUT2D eigenvalue weighted by Crippen LogP contribution is -2.13. The third kappa shape index (κ3) is 3.51. The summed E-state index contributed by atoms with van der Waals surface area (Å²) in [5.41, 5.74) is 1.80. The van der Waals surface area contributed by atoms with Crippen molar-refractivity contribution in [2.75, 3.05) is 18.7 Å². The van der Waals surface area contributed by atoms with Gasteiger partial charge in [0.2, 0.25) is 0 Å². The van der Waals surface area contributed by atoms with Gasteiger partial charge in [-0.2, -0.15) is 11.8 Å². The van der Waals surface area contributed by atoms with Crippen LogP contribution in [0.25, 0.3) is 0 Å². The molecule has 0 aliphatic rings. The standard InChI is InChI=1S/C15H16N2O2S/c1-19-13-4-3-9-16-14(13)17-15(18)12-7-5-11(6-8-12)10-20-2/h3-9H,10H2,1-2H3,(H,16,17,18). The number of carbonyl (C=O) groups is 1. The van der Waals surface area contributed by atoms with Crippen LogP contribution in [-0.4, -0.2) is 24.3 Å². The average Bonchev–Trinajstić information content (AvgIpc) is 2.49. The number of anilines is 1. The zero-order valence-electron chi connectivity index (χ0n) is 11.4. The van der Waals surface area contributed by atoms with Crippen molar-refractivity contribution < 1.29 is 9.53 Å². The molecule has 0 fully saturated rings. The molecule has 0 saturated heterocycles. The third-order valence-corrected chi connectivity index (χ3v) is 3.37. The zero-order valence-corrected chi connectivity index (χ0v) is 12.2. The van der Waals surface area contributed by atoms with E-state index in [9.17, 15) is 4.79 Å². The molecule has 104 valence electrons. The summed E-state index contributed by atoms with van der Waals surface area (Å²) >= 11 is 1.75. The maximum atomic E-state index is 12.1. The Morgan fingerprint density at radius 1 is 1.30 bits per heavy atom. The predicted octanol–water partition coefficient (Wildman–Crippen LogP) is 3.21. The van der Waals surface area contributed by atoms with Crippen LogP contribution in [0.5, 0.6) is 5.75 Å². The Kier molecular flexibility index (Phi) is 5.01. The van der Waals surface area contributed by atoms with Gasteiger partial charge in [0.05, 0.1) is 7.11 Å². The highest BCUT2D eigenvalue weighted by molar-refractivity contribution is 7.97. The minimum atomic E-state index is -0.197. The monoisotopic (exact) mass is 288 g/mol. The lowest BCUT2D eigenvalue weighted by Gasteiger charge is -2.08. The van der Waals surface area contributed by atoms with E-state index < -0.39 is 0 Å². The fourth-order valence-corrected chi connectivity index (χ4v) is 2.27. The van der Waals surface area contributed by atoms with E-state index in [0.29, 0.717) is 17.1 Å². The van der Waals surface area contributed by atoms with Crippen molar-refractivity contribution in [1.29, 1.82) is 0 Å². The molecule has 0 aliphatic heterocycles. The van der Waals surface area contributed by atoms with E-state index >= 15 is 0 Å². The number of pyridine rings is 1. The third-order valence-electron chi connectivity index (χ3n) is 2.75. The number of benzene rings is 1. The lowest BCUT2D eigenvalue weighted by molar-refractivity contribution is 0.102. The van der Waals surface area contributed by atoms with E-state index in [1.165, 1.54) is 5.56 Å². The van der Waals surface area contributed by atoms with Crippen molar-refractivity contribution in [3.05, 3.63) is 53.7 Å². The molecule has 0 radical (unpaired) electrons. The molecule has 4 nitrogen and oxygen atoms in total. The van der Waals surface area contributed by atoms with Crippen molar-refractivity contribution in [3.63, 3.8) is 0 Å². The smallest absolute Gasteiger partial charge is 0.256 e. The molecule has 1 aromatic carbocycles. The van der Waals surface area contributed by atoms with Gasteiger partial charge in [0.25, 0.3) is 5.91 Å². The van der Waals surface area contributed by atoms with Crippen molar-refractivity contribution in [2.45, 2.75) is 5.75 Å². The second kappa shape index (κ2) is 6.96. The first-order chi connectivity index (χ1) is 9.74. The van der Waals surface area contributed by atoms with Gasteiger partial charge in [-0.1, -0.05) is 12.1 Å². The molecule has 0 saturated carbocycles. The highest BCUT2D eigenvalue weighted by Crippen LogP contribution is 2.21. The van der Waals surface area contributed by atoms with Gasteiger partial charge in [0, 0.05) is 17.5 Å². The second-order valence-electron chi connectivity index (χ2n) is 4.14. The second-order valence-corrected chi connectivity index (χ2v) is 5.00. The predicted molar refractivity (Wildman–Crippen MR) is 82.4 cm³/mol. The van der Waals surface area contributed by atoms with E-state index in [1.807, 2.05) is 30.5 Å². The number of aromatic nitrogens is 1. The molecule has 20 heavy (non-hydrogen) atoms. The number of methoxy groups -OCH3 is 1. The Bertz CT molecular complexity index is 585. The minimum Gasteiger partial charge on any atom is -0.493 e. The Balaban J connectivity index is 2.11.